The van der Waals surface area contributed by atoms with E-state index in [4.69, 9.17) is 4.98 Å². The van der Waals surface area contributed by atoms with Crippen LogP contribution in [0.25, 0.3) is 11.0 Å². The molecular weight excluding hydrogens is 389 g/mol. The lowest BCUT2D eigenvalue weighted by Crippen LogP contribution is -2.28. The van der Waals surface area contributed by atoms with Crippen LogP contribution in [0.4, 0.5) is 4.39 Å². The number of nitrogens with zero attached hydrogens (tertiary/aromatic N) is 3. The summed E-state index contributed by atoms with van der Waals surface area (Å²) in [7, 11) is 0. The Morgan fingerprint density at radius 1 is 1.00 bits per heavy atom. The predicted molar refractivity (Wildman–Crippen MR) is 119 cm³/mol. The number of hydrogen-bond acceptors (Lipinski definition) is 2. The molecule has 5 heteroatoms. The van der Waals surface area contributed by atoms with Gasteiger partial charge in [-0.1, -0.05) is 60.7 Å². The molecule has 0 spiro atoms. The summed E-state index contributed by atoms with van der Waals surface area (Å²) in [6.45, 7) is 3.06. The van der Waals surface area contributed by atoms with Crippen LogP contribution in [0.15, 0.2) is 78.9 Å². The van der Waals surface area contributed by atoms with Crippen LogP contribution in [0.1, 0.15) is 42.3 Å². The number of benzene rings is 3. The van der Waals surface area contributed by atoms with Crippen molar-refractivity contribution in [1.82, 2.24) is 14.5 Å². The molecule has 1 aliphatic rings. The van der Waals surface area contributed by atoms with Gasteiger partial charge < -0.3 is 9.47 Å². The number of hydrogen-bond donors (Lipinski definition) is 0. The smallest absolute Gasteiger partial charge is 0.223 e. The molecule has 0 aliphatic carbocycles. The summed E-state index contributed by atoms with van der Waals surface area (Å²) in [6.07, 6.45) is 0.414. The van der Waals surface area contributed by atoms with Crippen LogP contribution in [-0.2, 0) is 11.3 Å². The van der Waals surface area contributed by atoms with Crippen molar-refractivity contribution in [2.24, 2.45) is 0 Å². The Balaban J connectivity index is 1.50. The number of halogens is 1. The first-order chi connectivity index (χ1) is 15.1. The quantitative estimate of drug-likeness (QED) is 0.445. The van der Waals surface area contributed by atoms with Crippen LogP contribution in [0.2, 0.25) is 0 Å². The predicted octanol–water partition coefficient (Wildman–Crippen LogP) is 5.30. The zero-order chi connectivity index (χ0) is 21.4. The van der Waals surface area contributed by atoms with Gasteiger partial charge in [0.2, 0.25) is 5.91 Å². The van der Waals surface area contributed by atoms with E-state index in [2.05, 4.69) is 23.6 Å². The van der Waals surface area contributed by atoms with E-state index in [0.717, 1.165) is 22.4 Å². The summed E-state index contributed by atoms with van der Waals surface area (Å²) in [5.74, 6) is 0.720. The van der Waals surface area contributed by atoms with E-state index in [-0.39, 0.29) is 23.7 Å². The fourth-order valence-corrected chi connectivity index (χ4v) is 4.56. The van der Waals surface area contributed by atoms with Gasteiger partial charge in [-0.3, -0.25) is 4.79 Å². The molecule has 1 fully saturated rings. The number of aromatic nitrogens is 2. The van der Waals surface area contributed by atoms with Gasteiger partial charge in [0.05, 0.1) is 23.6 Å². The van der Waals surface area contributed by atoms with Crippen molar-refractivity contribution in [3.8, 4) is 0 Å². The molecule has 1 saturated heterocycles. The summed E-state index contributed by atoms with van der Waals surface area (Å²) in [4.78, 5) is 19.8. The minimum atomic E-state index is -0.229. The highest BCUT2D eigenvalue weighted by molar-refractivity contribution is 5.81. The molecule has 156 valence electrons. The van der Waals surface area contributed by atoms with Gasteiger partial charge in [0.15, 0.2) is 0 Å². The minimum Gasteiger partial charge on any atom is -0.335 e. The Bertz CT molecular complexity index is 1230. The Kier molecular flexibility index (Phi) is 5.02. The zero-order valence-electron chi connectivity index (χ0n) is 17.4. The first-order valence-corrected chi connectivity index (χ1v) is 10.6. The van der Waals surface area contributed by atoms with Gasteiger partial charge in [-0.15, -0.1) is 0 Å². The summed E-state index contributed by atoms with van der Waals surface area (Å²) in [5.41, 5.74) is 3.57. The van der Waals surface area contributed by atoms with E-state index >= 15 is 0 Å². The monoisotopic (exact) mass is 413 g/mol. The normalized spacial score (nSPS) is 17.4. The maximum absolute atomic E-state index is 14.4. The van der Waals surface area contributed by atoms with E-state index in [1.54, 1.807) is 12.1 Å². The summed E-state index contributed by atoms with van der Waals surface area (Å²) in [5, 5.41) is 0. The molecule has 4 aromatic rings. The molecule has 31 heavy (non-hydrogen) atoms. The SMILES string of the molecule is CC(c1ccccc1)N1CC(c2nc3ccccc3n2Cc2ccccc2F)CC1=O. The number of para-hydroxylation sites is 2. The third-order valence-corrected chi connectivity index (χ3v) is 6.24. The van der Waals surface area contributed by atoms with Gasteiger partial charge in [-0.05, 0) is 30.7 Å². The van der Waals surface area contributed by atoms with Crippen molar-refractivity contribution >= 4 is 16.9 Å². The zero-order valence-corrected chi connectivity index (χ0v) is 17.4. The number of rotatable bonds is 5. The minimum absolute atomic E-state index is 0.00287. The van der Waals surface area contributed by atoms with Gasteiger partial charge in [0, 0.05) is 24.4 Å². The first kappa shape index (κ1) is 19.5. The maximum Gasteiger partial charge on any atom is 0.223 e. The van der Waals surface area contributed by atoms with Crippen molar-refractivity contribution in [1.29, 1.82) is 0 Å². The largest absolute Gasteiger partial charge is 0.335 e. The number of carbonyl (C=O) groups is 1. The molecule has 4 nitrogen and oxygen atoms in total. The molecule has 2 atom stereocenters. The highest BCUT2D eigenvalue weighted by Crippen LogP contribution is 2.35. The molecule has 2 heterocycles. The van der Waals surface area contributed by atoms with E-state index < -0.39 is 0 Å². The topological polar surface area (TPSA) is 38.1 Å². The van der Waals surface area contributed by atoms with E-state index in [1.807, 2.05) is 53.4 Å². The Hall–Kier alpha value is -3.47. The van der Waals surface area contributed by atoms with Gasteiger partial charge in [-0.25, -0.2) is 9.37 Å². The van der Waals surface area contributed by atoms with Crippen molar-refractivity contribution < 1.29 is 9.18 Å². The standard InChI is InChI=1S/C26H24FN3O/c1-18(19-9-3-2-4-10-19)29-17-21(15-25(29)31)26-28-23-13-7-8-14-24(23)30(26)16-20-11-5-6-12-22(20)27/h2-14,18,21H,15-17H2,1H3. The molecule has 2 unspecified atom stereocenters. The molecule has 1 amide bonds. The first-order valence-electron chi connectivity index (χ1n) is 10.6. The van der Waals surface area contributed by atoms with Crippen molar-refractivity contribution in [2.75, 3.05) is 6.54 Å². The maximum atomic E-state index is 14.4. The Morgan fingerprint density at radius 2 is 1.71 bits per heavy atom. The van der Waals surface area contributed by atoms with Crippen LogP contribution < -0.4 is 0 Å². The van der Waals surface area contributed by atoms with Crippen molar-refractivity contribution in [3.63, 3.8) is 0 Å². The van der Waals surface area contributed by atoms with Crippen LogP contribution in [0.5, 0.6) is 0 Å². The summed E-state index contributed by atoms with van der Waals surface area (Å²) >= 11 is 0. The summed E-state index contributed by atoms with van der Waals surface area (Å²) in [6, 6.07) is 24.8. The second-order valence-corrected chi connectivity index (χ2v) is 8.17. The second kappa shape index (κ2) is 7.99. The fourth-order valence-electron chi connectivity index (χ4n) is 4.56. The third kappa shape index (κ3) is 3.61. The molecule has 5 rings (SSSR count). The third-order valence-electron chi connectivity index (χ3n) is 6.24. The Morgan fingerprint density at radius 3 is 2.52 bits per heavy atom. The summed E-state index contributed by atoms with van der Waals surface area (Å²) < 4.78 is 16.5. The number of fused-ring (bicyclic) bond motifs is 1. The van der Waals surface area contributed by atoms with Crippen molar-refractivity contribution in [2.45, 2.75) is 31.8 Å². The molecule has 0 N–H and O–H groups in total. The highest BCUT2D eigenvalue weighted by Gasteiger charge is 2.36. The fraction of sp³-hybridized carbons (Fsp3) is 0.231. The number of likely N-dealkylation sites (tertiary alicyclic amines) is 1. The average molecular weight is 413 g/mol. The average Bonchev–Trinajstić information content (AvgIpc) is 3.36. The van der Waals surface area contributed by atoms with E-state index in [9.17, 15) is 9.18 Å². The van der Waals surface area contributed by atoms with Crippen molar-refractivity contribution in [3.05, 3.63) is 102 Å². The number of imidazole rings is 1. The molecule has 1 aliphatic heterocycles. The lowest BCUT2D eigenvalue weighted by Gasteiger charge is -2.25. The van der Waals surface area contributed by atoms with Gasteiger partial charge in [-0.2, -0.15) is 0 Å². The molecule has 0 saturated carbocycles. The molecule has 0 radical (unpaired) electrons. The molecule has 3 aromatic carbocycles. The lowest BCUT2D eigenvalue weighted by atomic mass is 10.1. The van der Waals surface area contributed by atoms with E-state index in [1.165, 1.54) is 6.07 Å². The van der Waals surface area contributed by atoms with Crippen LogP contribution in [-0.4, -0.2) is 26.9 Å². The van der Waals surface area contributed by atoms with Crippen LogP contribution >= 0.6 is 0 Å². The van der Waals surface area contributed by atoms with Crippen LogP contribution in [0.3, 0.4) is 0 Å². The van der Waals surface area contributed by atoms with Gasteiger partial charge >= 0.3 is 0 Å². The van der Waals surface area contributed by atoms with E-state index in [0.29, 0.717) is 25.1 Å². The molecule has 0 bridgehead atoms. The number of carbonyl (C=O) groups excluding carboxylic acids is 1. The van der Waals surface area contributed by atoms with Crippen LogP contribution in [0, 0.1) is 5.82 Å². The number of amides is 1. The lowest BCUT2D eigenvalue weighted by molar-refractivity contribution is -0.129. The Labute approximate surface area is 181 Å². The second-order valence-electron chi connectivity index (χ2n) is 8.17. The van der Waals surface area contributed by atoms with Gasteiger partial charge in [0.1, 0.15) is 11.6 Å². The molecule has 1 aromatic heterocycles. The molecular formula is C26H24FN3O. The highest BCUT2D eigenvalue weighted by atomic mass is 19.1. The van der Waals surface area contributed by atoms with Gasteiger partial charge in [0.25, 0.3) is 0 Å².